The third-order valence-electron chi connectivity index (χ3n) is 1.15. The lowest BCUT2D eigenvalue weighted by atomic mass is 10.3. The highest BCUT2D eigenvalue weighted by atomic mass is 16.6. The smallest absolute Gasteiger partial charge is 0.483 e. The first-order chi connectivity index (χ1) is 6.65. The van der Waals surface area contributed by atoms with Gasteiger partial charge in [0.1, 0.15) is 0 Å². The van der Waals surface area contributed by atoms with Crippen molar-refractivity contribution in [3.63, 3.8) is 0 Å². The molecule has 0 radical (unpaired) electrons. The summed E-state index contributed by atoms with van der Waals surface area (Å²) < 4.78 is 13.8. The van der Waals surface area contributed by atoms with Gasteiger partial charge in [0.05, 0.1) is 14.2 Å². The Hall–Kier alpha value is -1.61. The molecule has 8 nitrogen and oxygen atoms in total. The molecule has 0 spiro atoms. The molecule has 0 saturated heterocycles. The first-order valence-electron chi connectivity index (χ1n) is 3.52. The van der Waals surface area contributed by atoms with Crippen LogP contribution in [0.1, 0.15) is 0 Å². The number of aromatic nitrogens is 3. The summed E-state index contributed by atoms with van der Waals surface area (Å²) in [5.74, 6) is 0. The average molecular weight is 201 g/mol. The van der Waals surface area contributed by atoms with E-state index in [2.05, 4.69) is 19.6 Å². The maximum atomic E-state index is 8.48. The lowest BCUT2D eigenvalue weighted by Crippen LogP contribution is -2.22. The van der Waals surface area contributed by atoms with Gasteiger partial charge in [0.2, 0.25) is 0 Å². The van der Waals surface area contributed by atoms with Gasteiger partial charge in [0.25, 0.3) is 0 Å². The Morgan fingerprint density at radius 2 is 1.36 bits per heavy atom. The van der Waals surface area contributed by atoms with Gasteiger partial charge in [-0.25, -0.2) is 0 Å². The molecule has 0 atom stereocenters. The van der Waals surface area contributed by atoms with E-state index < -0.39 is 7.32 Å². The van der Waals surface area contributed by atoms with Crippen molar-refractivity contribution in [3.05, 3.63) is 0 Å². The third-order valence-corrected chi connectivity index (χ3v) is 1.15. The predicted molar refractivity (Wildman–Crippen MR) is 43.8 cm³/mol. The molecule has 76 valence electrons. The number of methoxy groups -OCH3 is 2. The van der Waals surface area contributed by atoms with Crippen molar-refractivity contribution in [1.82, 2.24) is 15.0 Å². The van der Waals surface area contributed by atoms with Crippen molar-refractivity contribution >= 4 is 7.32 Å². The zero-order valence-corrected chi connectivity index (χ0v) is 7.54. The van der Waals surface area contributed by atoms with Gasteiger partial charge in [0.15, 0.2) is 0 Å². The molecule has 1 heterocycles. The van der Waals surface area contributed by atoms with Crippen LogP contribution in [0.25, 0.3) is 0 Å². The minimum absolute atomic E-state index is 0.0486. The third kappa shape index (κ3) is 2.71. The van der Waals surface area contributed by atoms with E-state index in [0.29, 0.717) is 0 Å². The van der Waals surface area contributed by atoms with E-state index >= 15 is 0 Å². The molecule has 14 heavy (non-hydrogen) atoms. The molecule has 2 N–H and O–H groups in total. The van der Waals surface area contributed by atoms with Crippen molar-refractivity contribution in [2.45, 2.75) is 0 Å². The summed E-state index contributed by atoms with van der Waals surface area (Å²) in [7, 11) is 0.675. The Bertz CT molecular complexity index is 287. The molecule has 9 heteroatoms. The molecule has 1 rings (SSSR count). The number of ether oxygens (including phenoxy) is 2. The van der Waals surface area contributed by atoms with Gasteiger partial charge in [0, 0.05) is 0 Å². The second-order valence-corrected chi connectivity index (χ2v) is 2.04. The molecule has 0 aliphatic rings. The van der Waals surface area contributed by atoms with Crippen molar-refractivity contribution in [1.29, 1.82) is 0 Å². The second kappa shape index (κ2) is 4.58. The minimum atomic E-state index is -2.01. The van der Waals surface area contributed by atoms with Gasteiger partial charge < -0.3 is 24.2 Å². The van der Waals surface area contributed by atoms with Crippen LogP contribution in [0.3, 0.4) is 0 Å². The minimum Gasteiger partial charge on any atom is -0.483 e. The van der Waals surface area contributed by atoms with Crippen molar-refractivity contribution in [2.75, 3.05) is 14.2 Å². The van der Waals surface area contributed by atoms with Crippen LogP contribution in [0, 0.1) is 0 Å². The Morgan fingerprint density at radius 1 is 0.929 bits per heavy atom. The van der Waals surface area contributed by atoms with E-state index in [4.69, 9.17) is 19.5 Å². The van der Waals surface area contributed by atoms with E-state index in [1.165, 1.54) is 14.2 Å². The van der Waals surface area contributed by atoms with Crippen LogP contribution in [-0.2, 0) is 0 Å². The standard InChI is InChI=1S/C5H8BN3O5/c1-12-3-7-4(13-2)9-5(8-3)14-6(10)11/h10-11H,1-2H3. The first kappa shape index (κ1) is 10.5. The quantitative estimate of drug-likeness (QED) is 0.551. The normalized spacial score (nSPS) is 9.43. The number of hydrogen-bond donors (Lipinski definition) is 2. The molecule has 0 unspecified atom stereocenters. The first-order valence-corrected chi connectivity index (χ1v) is 3.52. The maximum absolute atomic E-state index is 8.48. The molecule has 0 fully saturated rings. The summed E-state index contributed by atoms with van der Waals surface area (Å²) in [5, 5.41) is 17.0. The Morgan fingerprint density at radius 3 is 1.71 bits per heavy atom. The Kier molecular flexibility index (Phi) is 3.43. The van der Waals surface area contributed by atoms with Crippen LogP contribution in [0.5, 0.6) is 18.0 Å². The second-order valence-electron chi connectivity index (χ2n) is 2.04. The Balaban J connectivity index is 2.92. The highest BCUT2D eigenvalue weighted by molar-refractivity contribution is 6.33. The fraction of sp³-hybridized carbons (Fsp3) is 0.400. The van der Waals surface area contributed by atoms with Crippen LogP contribution in [0.15, 0.2) is 0 Å². The van der Waals surface area contributed by atoms with Crippen molar-refractivity contribution < 1.29 is 24.2 Å². The summed E-state index contributed by atoms with van der Waals surface area (Å²) in [6.07, 6.45) is 0. The van der Waals surface area contributed by atoms with E-state index in [0.717, 1.165) is 0 Å². The zero-order valence-electron chi connectivity index (χ0n) is 7.54. The summed E-state index contributed by atoms with van der Waals surface area (Å²) >= 11 is 0. The van der Waals surface area contributed by atoms with Crippen LogP contribution < -0.4 is 14.1 Å². The lowest BCUT2D eigenvalue weighted by molar-refractivity contribution is 0.266. The maximum Gasteiger partial charge on any atom is 0.709 e. The highest BCUT2D eigenvalue weighted by Gasteiger charge is 2.16. The van der Waals surface area contributed by atoms with Crippen molar-refractivity contribution in [2.24, 2.45) is 0 Å². The van der Waals surface area contributed by atoms with E-state index in [-0.39, 0.29) is 18.0 Å². The van der Waals surface area contributed by atoms with Gasteiger partial charge in [-0.05, 0) is 0 Å². The fourth-order valence-electron chi connectivity index (χ4n) is 0.650. The molecule has 0 aliphatic heterocycles. The molecule has 1 aromatic heterocycles. The average Bonchev–Trinajstić information content (AvgIpc) is 2.16. The molecule has 0 aromatic carbocycles. The predicted octanol–water partition coefficient (Wildman–Crippen LogP) is -1.76. The van der Waals surface area contributed by atoms with Crippen molar-refractivity contribution in [3.8, 4) is 18.0 Å². The molecule has 1 aromatic rings. The van der Waals surface area contributed by atoms with E-state index in [1.54, 1.807) is 0 Å². The summed E-state index contributed by atoms with van der Waals surface area (Å²) in [5.41, 5.74) is 0. The largest absolute Gasteiger partial charge is 0.709 e. The Labute approximate surface area is 79.7 Å². The van der Waals surface area contributed by atoms with Gasteiger partial charge in [-0.15, -0.1) is 15.0 Å². The van der Waals surface area contributed by atoms with Crippen LogP contribution in [0.4, 0.5) is 0 Å². The SMILES string of the molecule is COc1nc(OC)nc(OB(O)O)n1. The van der Waals surface area contributed by atoms with Crippen LogP contribution in [-0.4, -0.2) is 46.5 Å². The monoisotopic (exact) mass is 201 g/mol. The number of nitrogens with zero attached hydrogens (tertiary/aromatic N) is 3. The number of hydrogen-bond acceptors (Lipinski definition) is 8. The topological polar surface area (TPSA) is 107 Å². The van der Waals surface area contributed by atoms with Gasteiger partial charge in [-0.2, -0.15) is 0 Å². The molecule has 0 bridgehead atoms. The summed E-state index contributed by atoms with van der Waals surface area (Å²) in [4.78, 5) is 10.8. The molecule has 0 aliphatic carbocycles. The molecule has 0 amide bonds. The van der Waals surface area contributed by atoms with Crippen LogP contribution >= 0.6 is 0 Å². The summed E-state index contributed by atoms with van der Waals surface area (Å²) in [6, 6.07) is -0.399. The van der Waals surface area contributed by atoms with E-state index in [9.17, 15) is 0 Å². The van der Waals surface area contributed by atoms with E-state index in [1.807, 2.05) is 0 Å². The lowest BCUT2D eigenvalue weighted by Gasteiger charge is -2.05. The van der Waals surface area contributed by atoms with Gasteiger partial charge >= 0.3 is 25.4 Å². The molecule has 0 saturated carbocycles. The zero-order chi connectivity index (χ0) is 10.6. The van der Waals surface area contributed by atoms with Gasteiger partial charge in [-0.3, -0.25) is 0 Å². The molecular formula is C5H8BN3O5. The summed E-state index contributed by atoms with van der Waals surface area (Å²) in [6.45, 7) is 0. The fourth-order valence-corrected chi connectivity index (χ4v) is 0.650. The number of rotatable bonds is 4. The highest BCUT2D eigenvalue weighted by Crippen LogP contribution is 2.13. The molecular weight excluding hydrogens is 193 g/mol. The van der Waals surface area contributed by atoms with Gasteiger partial charge in [-0.1, -0.05) is 0 Å². The van der Waals surface area contributed by atoms with Crippen LogP contribution in [0.2, 0.25) is 0 Å².